The Bertz CT molecular complexity index is 1420. The summed E-state index contributed by atoms with van der Waals surface area (Å²) in [6.07, 6.45) is 7.16. The smallest absolute Gasteiger partial charge is 0.309 e. The van der Waals surface area contributed by atoms with Crippen LogP contribution in [0.2, 0.25) is 0 Å². The van der Waals surface area contributed by atoms with Crippen molar-refractivity contribution in [3.8, 4) is 5.75 Å². The van der Waals surface area contributed by atoms with Crippen molar-refractivity contribution in [3.63, 3.8) is 0 Å². The minimum Gasteiger partial charge on any atom is -0.497 e. The van der Waals surface area contributed by atoms with Crippen LogP contribution in [0.1, 0.15) is 75.3 Å². The maximum Gasteiger partial charge on any atom is 0.309 e. The highest BCUT2D eigenvalue weighted by Crippen LogP contribution is 2.38. The predicted molar refractivity (Wildman–Crippen MR) is 138 cm³/mol. The SMILES string of the molecule is CCOC(=O)C1CCN([C@@H](c2cc3ccc(OC)cc3n3nnnc23)c2nnnn2C2CCCCC2)CC1. The maximum atomic E-state index is 12.5. The minimum absolute atomic E-state index is 0.0972. The van der Waals surface area contributed by atoms with Crippen LogP contribution in [0.5, 0.6) is 5.75 Å². The number of tetrazole rings is 2. The molecule has 0 N–H and O–H groups in total. The van der Waals surface area contributed by atoms with Crippen LogP contribution in [-0.4, -0.2) is 77.9 Å². The Morgan fingerprint density at radius 1 is 1.03 bits per heavy atom. The van der Waals surface area contributed by atoms with Gasteiger partial charge in [-0.2, -0.15) is 4.52 Å². The topological polar surface area (TPSA) is 125 Å². The van der Waals surface area contributed by atoms with E-state index in [0.29, 0.717) is 38.2 Å². The van der Waals surface area contributed by atoms with E-state index in [9.17, 15) is 4.79 Å². The molecule has 1 aliphatic carbocycles. The second kappa shape index (κ2) is 10.6. The van der Waals surface area contributed by atoms with Gasteiger partial charge in [0.25, 0.3) is 0 Å². The van der Waals surface area contributed by atoms with Gasteiger partial charge in [0.1, 0.15) is 11.8 Å². The summed E-state index contributed by atoms with van der Waals surface area (Å²) in [4.78, 5) is 14.8. The van der Waals surface area contributed by atoms with Gasteiger partial charge < -0.3 is 9.47 Å². The molecule has 1 atom stereocenters. The number of piperidine rings is 1. The second-order valence-electron chi connectivity index (χ2n) is 10.2. The number of pyridine rings is 1. The van der Waals surface area contributed by atoms with Crippen LogP contribution in [0.4, 0.5) is 0 Å². The molecular formula is C26H33N9O3. The monoisotopic (exact) mass is 519 g/mol. The average Bonchev–Trinajstić information content (AvgIpc) is 3.65. The average molecular weight is 520 g/mol. The zero-order chi connectivity index (χ0) is 26.1. The lowest BCUT2D eigenvalue weighted by Gasteiger charge is -2.37. The Morgan fingerprint density at radius 2 is 1.82 bits per heavy atom. The van der Waals surface area contributed by atoms with Crippen LogP contribution in [0.3, 0.4) is 0 Å². The first-order valence-corrected chi connectivity index (χ1v) is 13.5. The fourth-order valence-corrected chi connectivity index (χ4v) is 6.04. The van der Waals surface area contributed by atoms with Gasteiger partial charge in [-0.3, -0.25) is 9.69 Å². The van der Waals surface area contributed by atoms with Gasteiger partial charge in [-0.15, -0.1) is 10.2 Å². The van der Waals surface area contributed by atoms with Gasteiger partial charge in [0, 0.05) is 30.1 Å². The number of carbonyl (C=O) groups is 1. The van der Waals surface area contributed by atoms with Gasteiger partial charge in [0.05, 0.1) is 31.2 Å². The summed E-state index contributed by atoms with van der Waals surface area (Å²) in [7, 11) is 1.65. The van der Waals surface area contributed by atoms with Gasteiger partial charge in [0.15, 0.2) is 11.5 Å². The van der Waals surface area contributed by atoms with Gasteiger partial charge in [-0.05, 0) is 71.7 Å². The Morgan fingerprint density at radius 3 is 2.58 bits per heavy atom. The summed E-state index contributed by atoms with van der Waals surface area (Å²) in [6.45, 7) is 3.67. The Labute approximate surface area is 220 Å². The number of carbonyl (C=O) groups excluding carboxylic acids is 1. The lowest BCUT2D eigenvalue weighted by molar-refractivity contribution is -0.149. The second-order valence-corrected chi connectivity index (χ2v) is 10.2. The summed E-state index contributed by atoms with van der Waals surface area (Å²) in [6, 6.07) is 8.04. The summed E-state index contributed by atoms with van der Waals surface area (Å²) in [5.41, 5.74) is 2.45. The number of hydrogen-bond acceptors (Lipinski definition) is 10. The molecule has 1 aliphatic heterocycles. The van der Waals surface area contributed by atoms with Crippen molar-refractivity contribution >= 4 is 22.5 Å². The van der Waals surface area contributed by atoms with E-state index in [1.165, 1.54) is 19.3 Å². The molecule has 4 aromatic rings. The van der Waals surface area contributed by atoms with Gasteiger partial charge in [0.2, 0.25) is 0 Å². The quantitative estimate of drug-likeness (QED) is 0.336. The van der Waals surface area contributed by atoms with E-state index in [2.05, 4.69) is 42.0 Å². The molecule has 3 aromatic heterocycles. The number of aromatic nitrogens is 8. The van der Waals surface area contributed by atoms with E-state index < -0.39 is 0 Å². The summed E-state index contributed by atoms with van der Waals surface area (Å²) >= 11 is 0. The molecule has 4 heterocycles. The van der Waals surface area contributed by atoms with Gasteiger partial charge in [-0.25, -0.2) is 4.68 Å². The number of fused-ring (bicyclic) bond motifs is 3. The number of hydrogen-bond donors (Lipinski definition) is 0. The van der Waals surface area contributed by atoms with Gasteiger partial charge in [-0.1, -0.05) is 19.3 Å². The van der Waals surface area contributed by atoms with Crippen molar-refractivity contribution in [3.05, 3.63) is 35.7 Å². The fourth-order valence-electron chi connectivity index (χ4n) is 6.04. The molecule has 2 aliphatic rings. The molecule has 1 aromatic carbocycles. The molecular weight excluding hydrogens is 486 g/mol. The largest absolute Gasteiger partial charge is 0.497 e. The van der Waals surface area contributed by atoms with Crippen LogP contribution in [0, 0.1) is 5.92 Å². The van der Waals surface area contributed by atoms with Crippen molar-refractivity contribution in [1.82, 2.24) is 45.1 Å². The van der Waals surface area contributed by atoms with Crippen molar-refractivity contribution in [1.29, 1.82) is 0 Å². The molecule has 0 spiro atoms. The minimum atomic E-state index is -0.268. The normalized spacial score (nSPS) is 18.7. The highest BCUT2D eigenvalue weighted by Gasteiger charge is 2.36. The molecule has 38 heavy (non-hydrogen) atoms. The molecule has 2 fully saturated rings. The molecule has 1 saturated heterocycles. The van der Waals surface area contributed by atoms with Crippen LogP contribution in [-0.2, 0) is 9.53 Å². The highest BCUT2D eigenvalue weighted by atomic mass is 16.5. The summed E-state index contributed by atoms with van der Waals surface area (Å²) < 4.78 is 14.6. The number of methoxy groups -OCH3 is 1. The zero-order valence-corrected chi connectivity index (χ0v) is 21.9. The number of benzene rings is 1. The number of rotatable bonds is 7. The lowest BCUT2D eigenvalue weighted by atomic mass is 9.92. The van der Waals surface area contributed by atoms with Crippen LogP contribution >= 0.6 is 0 Å². The molecule has 0 bridgehead atoms. The first-order valence-electron chi connectivity index (χ1n) is 13.5. The van der Waals surface area contributed by atoms with E-state index in [-0.39, 0.29) is 24.0 Å². The molecule has 0 unspecified atom stereocenters. The van der Waals surface area contributed by atoms with Crippen molar-refractivity contribution in [2.24, 2.45) is 5.92 Å². The van der Waals surface area contributed by atoms with Crippen LogP contribution in [0.15, 0.2) is 24.3 Å². The van der Waals surface area contributed by atoms with Gasteiger partial charge >= 0.3 is 5.97 Å². The van der Waals surface area contributed by atoms with Crippen molar-refractivity contribution in [2.45, 2.75) is 64.0 Å². The third-order valence-corrected chi connectivity index (χ3v) is 8.00. The van der Waals surface area contributed by atoms with E-state index in [1.54, 1.807) is 11.6 Å². The number of ether oxygens (including phenoxy) is 2. The highest BCUT2D eigenvalue weighted by molar-refractivity contribution is 5.84. The third-order valence-electron chi connectivity index (χ3n) is 8.00. The van der Waals surface area contributed by atoms with Crippen LogP contribution < -0.4 is 4.74 Å². The van der Waals surface area contributed by atoms with Crippen LogP contribution in [0.25, 0.3) is 16.6 Å². The van der Waals surface area contributed by atoms with E-state index >= 15 is 0 Å². The van der Waals surface area contributed by atoms with E-state index in [4.69, 9.17) is 9.47 Å². The van der Waals surface area contributed by atoms with E-state index in [1.807, 2.05) is 29.8 Å². The number of likely N-dealkylation sites (tertiary alicyclic amines) is 1. The molecule has 0 amide bonds. The molecule has 12 heteroatoms. The summed E-state index contributed by atoms with van der Waals surface area (Å²) in [5.74, 6) is 1.32. The third kappa shape index (κ3) is 4.46. The lowest BCUT2D eigenvalue weighted by Crippen LogP contribution is -2.41. The molecule has 1 saturated carbocycles. The Hall–Kier alpha value is -3.67. The standard InChI is InChI=1S/C26H33N9O3/c1-3-38-26(36)17-11-13-33(14-12-17)23(25-28-30-31-34(25)19-7-5-4-6-8-19)21-15-18-9-10-20(37-2)16-22(18)35-24(21)27-29-32-35/h9-10,15-17,19,23H,3-8,11-14H2,1-2H3/t23-/m0/s1. The Kier molecular flexibility index (Phi) is 6.88. The first kappa shape index (κ1) is 24.7. The van der Waals surface area contributed by atoms with Crippen molar-refractivity contribution < 1.29 is 14.3 Å². The molecule has 0 radical (unpaired) electrons. The number of nitrogens with zero attached hydrogens (tertiary/aromatic N) is 9. The zero-order valence-electron chi connectivity index (χ0n) is 21.9. The molecule has 6 rings (SSSR count). The van der Waals surface area contributed by atoms with Crippen molar-refractivity contribution in [2.75, 3.05) is 26.8 Å². The summed E-state index contributed by atoms with van der Waals surface area (Å²) in [5, 5.41) is 27.0. The predicted octanol–water partition coefficient (Wildman–Crippen LogP) is 3.14. The first-order chi connectivity index (χ1) is 18.7. The fraction of sp³-hybridized carbons (Fsp3) is 0.577. The molecule has 200 valence electrons. The number of esters is 1. The molecule has 12 nitrogen and oxygen atoms in total. The maximum absolute atomic E-state index is 12.5. The van der Waals surface area contributed by atoms with E-state index in [0.717, 1.165) is 40.9 Å². The Balaban J connectivity index is 1.45.